The van der Waals surface area contributed by atoms with Crippen LogP contribution in [0.5, 0.6) is 0 Å². The van der Waals surface area contributed by atoms with Gasteiger partial charge in [-0.2, -0.15) is 0 Å². The van der Waals surface area contributed by atoms with Crippen LogP contribution in [-0.4, -0.2) is 9.52 Å². The first kappa shape index (κ1) is 47.5. The molecule has 2 unspecified atom stereocenters. The molecule has 0 amide bonds. The second-order valence-corrected chi connectivity index (χ2v) is 45.3. The number of benzene rings is 6. The molecule has 0 N–H and O–H groups in total. The Hall–Kier alpha value is -3.52. The number of fused-ring (bicyclic) bond motifs is 5. The van der Waals surface area contributed by atoms with E-state index in [0.29, 0.717) is 11.8 Å². The molecule has 0 fully saturated rings. The van der Waals surface area contributed by atoms with Crippen molar-refractivity contribution in [3.63, 3.8) is 0 Å². The number of rotatable bonds is 11. The molecule has 0 saturated heterocycles. The normalized spacial score (nSPS) is 17.7. The van der Waals surface area contributed by atoms with E-state index < -0.39 is 25.9 Å². The van der Waals surface area contributed by atoms with Crippen molar-refractivity contribution in [1.29, 1.82) is 0 Å². The van der Waals surface area contributed by atoms with Crippen molar-refractivity contribution < 1.29 is 16.4 Å². The molecule has 6 aromatic rings. The van der Waals surface area contributed by atoms with Gasteiger partial charge in [0.15, 0.2) is 0 Å². The zero-order valence-corrected chi connectivity index (χ0v) is 47.1. The van der Waals surface area contributed by atoms with Crippen molar-refractivity contribution in [1.82, 2.24) is 0 Å². The van der Waals surface area contributed by atoms with Crippen LogP contribution >= 0.6 is 17.0 Å². The summed E-state index contributed by atoms with van der Waals surface area (Å²) in [7, 11) is 18.4. The van der Waals surface area contributed by atoms with E-state index in [1.54, 1.807) is 0 Å². The van der Waals surface area contributed by atoms with E-state index in [-0.39, 0.29) is 18.1 Å². The molecule has 0 bridgehead atoms. The second kappa shape index (κ2) is 17.5. The SMILES string of the molecule is CCc1ccccc1-c1c(C(C)(C)C)ccc2c1C=C(CC(C)C)[CH]2[Zr]([Cl])([Cl])([c]1cccc2c1[SiH2]c1ccccc1-2)[CH]1C(CC(C)C)=Cc2c1ccc(C(C)(C)C)c2-c1ccccc1CC. The van der Waals surface area contributed by atoms with Gasteiger partial charge < -0.3 is 0 Å². The number of allylic oxidation sites excluding steroid dienone is 2. The minimum absolute atomic E-state index is 0.0829. The Kier molecular flexibility index (Phi) is 12.6. The molecule has 4 heteroatoms. The van der Waals surface area contributed by atoms with Crippen molar-refractivity contribution in [2.24, 2.45) is 11.8 Å². The van der Waals surface area contributed by atoms with Crippen LogP contribution < -0.4 is 13.6 Å². The first-order chi connectivity index (χ1) is 31.3. The van der Waals surface area contributed by atoms with Crippen molar-refractivity contribution in [2.45, 2.75) is 127 Å². The number of hydrogen-bond donors (Lipinski definition) is 0. The van der Waals surface area contributed by atoms with Crippen molar-refractivity contribution in [3.05, 3.63) is 171 Å². The third kappa shape index (κ3) is 7.81. The Morgan fingerprint density at radius 3 is 1.38 bits per heavy atom. The quantitative estimate of drug-likeness (QED) is 0.113. The summed E-state index contributed by atoms with van der Waals surface area (Å²) in [6, 6.07) is 44.4. The van der Waals surface area contributed by atoms with E-state index in [0.717, 1.165) is 25.7 Å². The minimum atomic E-state index is -5.82. The summed E-state index contributed by atoms with van der Waals surface area (Å²) in [5, 5.41) is 2.98. The summed E-state index contributed by atoms with van der Waals surface area (Å²) in [5.74, 6) is 0.837. The first-order valence-electron chi connectivity index (χ1n) is 25.0. The van der Waals surface area contributed by atoms with Gasteiger partial charge in [0, 0.05) is 0 Å². The fourth-order valence-corrected chi connectivity index (χ4v) is 40.5. The third-order valence-corrected chi connectivity index (χ3v) is 38.0. The van der Waals surface area contributed by atoms with Crippen LogP contribution in [-0.2, 0) is 40.1 Å². The van der Waals surface area contributed by atoms with Crippen LogP contribution in [0, 0.1) is 11.8 Å². The molecule has 1 aliphatic heterocycles. The Morgan fingerprint density at radius 1 is 0.515 bits per heavy atom. The van der Waals surface area contributed by atoms with Gasteiger partial charge in [0.05, 0.1) is 0 Å². The van der Waals surface area contributed by atoms with E-state index in [2.05, 4.69) is 210 Å². The van der Waals surface area contributed by atoms with Crippen molar-refractivity contribution >= 4 is 52.3 Å². The maximum atomic E-state index is 9.66. The van der Waals surface area contributed by atoms with Gasteiger partial charge >= 0.3 is 412 Å². The predicted octanol–water partition coefficient (Wildman–Crippen LogP) is 15.8. The fourth-order valence-electron chi connectivity index (χ4n) is 12.6. The molecule has 0 spiro atoms. The Balaban J connectivity index is 1.44. The molecule has 2 atom stereocenters. The van der Waals surface area contributed by atoms with Crippen LogP contribution in [0.4, 0.5) is 0 Å². The number of hydrogen-bond acceptors (Lipinski definition) is 0. The van der Waals surface area contributed by atoms with Gasteiger partial charge in [0.2, 0.25) is 0 Å². The van der Waals surface area contributed by atoms with Gasteiger partial charge in [-0.3, -0.25) is 0 Å². The molecule has 0 aromatic heterocycles. The molecule has 2 aliphatic carbocycles. The summed E-state index contributed by atoms with van der Waals surface area (Å²) in [5.41, 5.74) is 21.7. The molecule has 1 heterocycles. The number of halogens is 2. The average Bonchev–Trinajstić information content (AvgIpc) is 3.96. The molecule has 0 saturated carbocycles. The zero-order chi connectivity index (χ0) is 47.1. The van der Waals surface area contributed by atoms with Gasteiger partial charge in [-0.15, -0.1) is 0 Å². The Bertz CT molecular complexity index is 2800. The molecule has 66 heavy (non-hydrogen) atoms. The van der Waals surface area contributed by atoms with Crippen molar-refractivity contribution in [2.75, 3.05) is 0 Å². The summed E-state index contributed by atoms with van der Waals surface area (Å²) in [6.45, 7) is 28.4. The van der Waals surface area contributed by atoms with Gasteiger partial charge in [0.25, 0.3) is 0 Å². The maximum absolute atomic E-state index is 9.66. The second-order valence-electron chi connectivity index (χ2n) is 22.8. The molecule has 0 nitrogen and oxygen atoms in total. The Morgan fingerprint density at radius 2 is 0.939 bits per heavy atom. The van der Waals surface area contributed by atoms with Crippen LogP contribution in [0.2, 0.25) is 0 Å². The van der Waals surface area contributed by atoms with E-state index in [1.807, 2.05) is 0 Å². The van der Waals surface area contributed by atoms with Gasteiger partial charge in [0.1, 0.15) is 0 Å². The van der Waals surface area contributed by atoms with Gasteiger partial charge in [-0.1, -0.05) is 0 Å². The molecule has 0 radical (unpaired) electrons. The molecule has 9 rings (SSSR count). The summed E-state index contributed by atoms with van der Waals surface area (Å²) >= 11 is -5.82. The van der Waals surface area contributed by atoms with Gasteiger partial charge in [-0.05, 0) is 0 Å². The Labute approximate surface area is 408 Å². The zero-order valence-electron chi connectivity index (χ0n) is 41.7. The van der Waals surface area contributed by atoms with Crippen LogP contribution in [0.1, 0.15) is 148 Å². The summed E-state index contributed by atoms with van der Waals surface area (Å²) < 4.78 is 1.06. The molecule has 341 valence electrons. The summed E-state index contributed by atoms with van der Waals surface area (Å²) in [6.07, 6.45) is 9.03. The fraction of sp³-hybridized carbons (Fsp3) is 0.355. The monoisotopic (exact) mass is 1000 g/mol. The van der Waals surface area contributed by atoms with E-state index >= 15 is 0 Å². The van der Waals surface area contributed by atoms with Gasteiger partial charge in [-0.25, -0.2) is 0 Å². The van der Waals surface area contributed by atoms with Crippen molar-refractivity contribution in [3.8, 4) is 33.4 Å². The standard InChI is InChI=1S/2C25H31.C12H9Si.2ClH.Zr/c2*1-7-19-10-8-9-11-21(19)24-22-16-18(14-17(2)3)15-20(22)12-13-23(24)25(4,5)6;1-3-7-11-9(5-1)10-6-2-4-8-12(10)13-11;;;/h2*8-13,15-17H,7,14H2,1-6H3;1-7H,13H2;2*1H;/q;;;;;+2/p-2. The molecule has 6 aromatic carbocycles. The molecule has 3 aliphatic rings. The van der Waals surface area contributed by atoms with E-state index in [4.69, 9.17) is 0 Å². The summed E-state index contributed by atoms with van der Waals surface area (Å²) in [4.78, 5) is 0. The predicted molar refractivity (Wildman–Crippen MR) is 291 cm³/mol. The molecular formula is C62H71Cl2SiZr. The van der Waals surface area contributed by atoms with E-state index in [1.165, 1.54) is 103 Å². The van der Waals surface area contributed by atoms with Crippen LogP contribution in [0.3, 0.4) is 0 Å². The van der Waals surface area contributed by atoms with E-state index in [9.17, 15) is 17.0 Å². The topological polar surface area (TPSA) is 0 Å². The van der Waals surface area contributed by atoms with Crippen LogP contribution in [0.15, 0.2) is 126 Å². The third-order valence-electron chi connectivity index (χ3n) is 15.2. The average molecular weight is 1010 g/mol. The number of aryl methyl sites for hydroxylation is 2. The first-order valence-corrected chi connectivity index (χ1v) is 36.8. The van der Waals surface area contributed by atoms with Crippen LogP contribution in [0.25, 0.3) is 45.5 Å². The molecular weight excluding hydrogens is 935 g/mol.